The highest BCUT2D eigenvalue weighted by Gasteiger charge is 2.28. The maximum Gasteiger partial charge on any atom is 0.330 e. The van der Waals surface area contributed by atoms with Crippen molar-refractivity contribution in [1.82, 2.24) is 9.13 Å². The number of hydrogen-bond donors (Lipinski definition) is 0. The Morgan fingerprint density at radius 1 is 1.37 bits per heavy atom. The molecule has 0 saturated carbocycles. The summed E-state index contributed by atoms with van der Waals surface area (Å²) in [6, 6.07) is 3.31. The third kappa shape index (κ3) is 1.46. The summed E-state index contributed by atoms with van der Waals surface area (Å²) in [6.07, 6.45) is 0.656. The fraction of sp³-hybridized carbons (Fsp3) is 0.250. The fourth-order valence-electron chi connectivity index (χ4n) is 2.46. The van der Waals surface area contributed by atoms with E-state index in [4.69, 9.17) is 11.6 Å². The molecule has 0 atom stereocenters. The molecule has 0 unspecified atom stereocenters. The van der Waals surface area contributed by atoms with Crippen LogP contribution in [-0.4, -0.2) is 28.4 Å². The van der Waals surface area contributed by atoms with Crippen LogP contribution in [-0.2, 0) is 22.7 Å². The number of likely N-dealkylation sites (N-methyl/N-ethyl adjacent to an activating group) is 1. The van der Waals surface area contributed by atoms with Crippen molar-refractivity contribution in [1.29, 1.82) is 0 Å². The summed E-state index contributed by atoms with van der Waals surface area (Å²) in [6.45, 7) is -0.0770. The highest BCUT2D eigenvalue weighted by atomic mass is 35.5. The van der Waals surface area contributed by atoms with Crippen LogP contribution in [0.1, 0.15) is 0 Å². The number of carbonyl (C=O) groups is 2. The molecule has 3 rings (SSSR count). The maximum absolute atomic E-state index is 12.2. The Morgan fingerprint density at radius 3 is 2.79 bits per heavy atom. The molecule has 0 aliphatic carbocycles. The van der Waals surface area contributed by atoms with Gasteiger partial charge in [-0.1, -0.05) is 11.6 Å². The Bertz CT molecular complexity index is 775. The number of rotatable bonds is 2. The molecule has 1 aromatic heterocycles. The molecule has 1 aliphatic rings. The van der Waals surface area contributed by atoms with Gasteiger partial charge in [-0.3, -0.25) is 13.9 Å². The number of anilines is 1. The van der Waals surface area contributed by atoms with Gasteiger partial charge in [-0.2, -0.15) is 0 Å². The van der Waals surface area contributed by atoms with Crippen LogP contribution in [0.3, 0.4) is 0 Å². The summed E-state index contributed by atoms with van der Waals surface area (Å²) in [5.41, 5.74) is 1.35. The lowest BCUT2D eigenvalue weighted by atomic mass is 10.2. The average molecular weight is 280 g/mol. The van der Waals surface area contributed by atoms with Crippen LogP contribution in [0.4, 0.5) is 5.69 Å². The van der Waals surface area contributed by atoms with E-state index in [1.54, 1.807) is 19.2 Å². The third-order valence-corrected chi connectivity index (χ3v) is 3.67. The van der Waals surface area contributed by atoms with Gasteiger partial charge in [-0.05, 0) is 12.1 Å². The summed E-state index contributed by atoms with van der Waals surface area (Å²) in [5.74, 6) is -0.215. The molecule has 19 heavy (non-hydrogen) atoms. The maximum atomic E-state index is 12.2. The van der Waals surface area contributed by atoms with E-state index < -0.39 is 0 Å². The summed E-state index contributed by atoms with van der Waals surface area (Å²) in [4.78, 5) is 36.2. The molecule has 0 spiro atoms. The van der Waals surface area contributed by atoms with Crippen molar-refractivity contribution in [2.45, 2.75) is 13.1 Å². The lowest BCUT2D eigenvalue weighted by molar-refractivity contribution is -0.119. The van der Waals surface area contributed by atoms with Crippen LogP contribution in [0.2, 0.25) is 5.02 Å². The minimum absolute atomic E-state index is 0.0367. The summed E-state index contributed by atoms with van der Waals surface area (Å²) in [7, 11) is 1.62. The Balaban J connectivity index is 2.50. The van der Waals surface area contributed by atoms with Gasteiger partial charge in [0.2, 0.25) is 5.91 Å². The molecule has 98 valence electrons. The second kappa shape index (κ2) is 3.96. The predicted octanol–water partition coefficient (Wildman–Crippen LogP) is 0.632. The smallest absolute Gasteiger partial charge is 0.311 e. The Labute approximate surface area is 112 Å². The van der Waals surface area contributed by atoms with E-state index in [0.29, 0.717) is 28.0 Å². The van der Waals surface area contributed by atoms with Crippen LogP contribution in [0.25, 0.3) is 11.0 Å². The zero-order valence-electron chi connectivity index (χ0n) is 10.1. The van der Waals surface area contributed by atoms with Gasteiger partial charge in [0.1, 0.15) is 12.8 Å². The first-order valence-corrected chi connectivity index (χ1v) is 6.05. The highest BCUT2D eigenvalue weighted by Crippen LogP contribution is 2.35. The van der Waals surface area contributed by atoms with Crippen LogP contribution in [0, 0.1) is 0 Å². The molecular weight excluding hydrogens is 270 g/mol. The fourth-order valence-corrected chi connectivity index (χ4v) is 2.73. The van der Waals surface area contributed by atoms with E-state index in [2.05, 4.69) is 0 Å². The lowest BCUT2D eigenvalue weighted by Crippen LogP contribution is -2.38. The van der Waals surface area contributed by atoms with E-state index in [1.165, 1.54) is 14.0 Å². The van der Waals surface area contributed by atoms with Crippen molar-refractivity contribution < 1.29 is 9.59 Å². The van der Waals surface area contributed by atoms with Gasteiger partial charge < -0.3 is 9.69 Å². The number of aromatic nitrogens is 2. The van der Waals surface area contributed by atoms with Gasteiger partial charge in [0.25, 0.3) is 0 Å². The lowest BCUT2D eigenvalue weighted by Gasteiger charge is -2.24. The number of aldehydes is 1. The van der Waals surface area contributed by atoms with Crippen molar-refractivity contribution in [2.75, 3.05) is 11.9 Å². The molecule has 0 bridgehead atoms. The van der Waals surface area contributed by atoms with E-state index in [1.807, 2.05) is 0 Å². The number of halogens is 1. The summed E-state index contributed by atoms with van der Waals surface area (Å²) < 4.78 is 2.71. The van der Waals surface area contributed by atoms with E-state index >= 15 is 0 Å². The molecule has 1 aliphatic heterocycles. The molecule has 0 N–H and O–H groups in total. The van der Waals surface area contributed by atoms with Crippen molar-refractivity contribution in [3.8, 4) is 0 Å². The van der Waals surface area contributed by atoms with Crippen LogP contribution < -0.4 is 10.6 Å². The second-order valence-electron chi connectivity index (χ2n) is 4.36. The van der Waals surface area contributed by atoms with Gasteiger partial charge in [-0.15, -0.1) is 0 Å². The standard InChI is InChI=1S/C12H10ClN3O3/c1-14-9(18)6-16-11-8(3-2-7(13)10(11)14)15(4-5-17)12(16)19/h2-3,5H,4,6H2,1H3. The third-order valence-electron chi connectivity index (χ3n) is 3.36. The number of amides is 1. The van der Waals surface area contributed by atoms with Crippen molar-refractivity contribution in [2.24, 2.45) is 0 Å². The molecule has 0 fully saturated rings. The number of carbonyl (C=O) groups excluding carboxylic acids is 2. The molecule has 7 heteroatoms. The van der Waals surface area contributed by atoms with Crippen LogP contribution in [0.15, 0.2) is 16.9 Å². The first kappa shape index (κ1) is 12.0. The van der Waals surface area contributed by atoms with Gasteiger partial charge >= 0.3 is 5.69 Å². The quantitative estimate of drug-likeness (QED) is 0.758. The average Bonchev–Trinajstić information content (AvgIpc) is 2.63. The Hall–Kier alpha value is -2.08. The number of nitrogens with zero attached hydrogens (tertiary/aromatic N) is 3. The molecule has 1 amide bonds. The molecule has 6 nitrogen and oxygen atoms in total. The van der Waals surface area contributed by atoms with Gasteiger partial charge in [0.15, 0.2) is 0 Å². The predicted molar refractivity (Wildman–Crippen MR) is 70.7 cm³/mol. The highest BCUT2D eigenvalue weighted by molar-refractivity contribution is 6.35. The van der Waals surface area contributed by atoms with Gasteiger partial charge in [0, 0.05) is 7.05 Å². The largest absolute Gasteiger partial charge is 0.330 e. The monoisotopic (exact) mass is 279 g/mol. The number of imidazole rings is 1. The number of hydrogen-bond acceptors (Lipinski definition) is 3. The summed E-state index contributed by atoms with van der Waals surface area (Å²) >= 11 is 6.12. The Kier molecular flexibility index (Phi) is 2.50. The molecule has 1 aromatic carbocycles. The second-order valence-corrected chi connectivity index (χ2v) is 4.77. The zero-order chi connectivity index (χ0) is 13.7. The minimum Gasteiger partial charge on any atom is -0.311 e. The van der Waals surface area contributed by atoms with E-state index in [9.17, 15) is 14.4 Å². The Morgan fingerprint density at radius 2 is 2.11 bits per heavy atom. The molecule has 0 radical (unpaired) electrons. The normalized spacial score (nSPS) is 14.2. The van der Waals surface area contributed by atoms with Crippen molar-refractivity contribution in [3.05, 3.63) is 27.6 Å². The van der Waals surface area contributed by atoms with E-state index in [0.717, 1.165) is 0 Å². The molecule has 2 aromatic rings. The van der Waals surface area contributed by atoms with Crippen molar-refractivity contribution >= 4 is 40.5 Å². The van der Waals surface area contributed by atoms with Crippen molar-refractivity contribution in [3.63, 3.8) is 0 Å². The summed E-state index contributed by atoms with van der Waals surface area (Å²) in [5, 5.41) is 0.403. The first-order chi connectivity index (χ1) is 9.06. The minimum atomic E-state index is -0.368. The van der Waals surface area contributed by atoms with E-state index in [-0.39, 0.29) is 24.7 Å². The molecule has 0 saturated heterocycles. The topological polar surface area (TPSA) is 64.3 Å². The number of benzene rings is 1. The first-order valence-electron chi connectivity index (χ1n) is 5.68. The van der Waals surface area contributed by atoms with Gasteiger partial charge in [-0.25, -0.2) is 4.79 Å². The van der Waals surface area contributed by atoms with Crippen LogP contribution in [0.5, 0.6) is 0 Å². The van der Waals surface area contributed by atoms with Gasteiger partial charge in [0.05, 0.1) is 28.3 Å². The van der Waals surface area contributed by atoms with Crippen LogP contribution >= 0.6 is 11.6 Å². The SMILES string of the molecule is CN1C(=O)Cn2c(=O)n(CC=O)c3ccc(Cl)c1c32. The molecule has 2 heterocycles. The zero-order valence-corrected chi connectivity index (χ0v) is 10.8. The molecular formula is C12H10ClN3O3.